The van der Waals surface area contributed by atoms with E-state index in [0.29, 0.717) is 18.6 Å². The molecule has 2 atom stereocenters. The lowest BCUT2D eigenvalue weighted by atomic mass is 10.1. The van der Waals surface area contributed by atoms with E-state index in [9.17, 15) is 14.7 Å². The summed E-state index contributed by atoms with van der Waals surface area (Å²) in [6, 6.07) is 2.71. The Morgan fingerprint density at radius 3 is 2.58 bits per heavy atom. The number of hydrogen-bond acceptors (Lipinski definition) is 5. The van der Waals surface area contributed by atoms with Gasteiger partial charge in [-0.2, -0.15) is 0 Å². The van der Waals surface area contributed by atoms with Gasteiger partial charge in [0.05, 0.1) is 37.7 Å². The van der Waals surface area contributed by atoms with Gasteiger partial charge in [-0.15, -0.1) is 0 Å². The highest BCUT2D eigenvalue weighted by Crippen LogP contribution is 2.36. The molecule has 24 heavy (non-hydrogen) atoms. The van der Waals surface area contributed by atoms with Crippen molar-refractivity contribution in [3.05, 3.63) is 17.7 Å². The number of aromatic carboxylic acids is 1. The van der Waals surface area contributed by atoms with Crippen LogP contribution in [0.4, 0.5) is 5.69 Å². The molecule has 1 aliphatic heterocycles. The van der Waals surface area contributed by atoms with Crippen molar-refractivity contribution in [2.45, 2.75) is 44.8 Å². The summed E-state index contributed by atoms with van der Waals surface area (Å²) in [6.45, 7) is 2.02. The van der Waals surface area contributed by atoms with Gasteiger partial charge >= 0.3 is 5.97 Å². The van der Waals surface area contributed by atoms with Crippen molar-refractivity contribution in [2.75, 3.05) is 19.5 Å². The normalized spacial score (nSPS) is 19.8. The zero-order valence-corrected chi connectivity index (χ0v) is 14.1. The number of ether oxygens (including phenoxy) is 3. The van der Waals surface area contributed by atoms with Crippen LogP contribution in [0.1, 0.15) is 43.0 Å². The molecule has 1 aromatic rings. The molecule has 0 saturated carbocycles. The van der Waals surface area contributed by atoms with Gasteiger partial charge in [0.25, 0.3) is 0 Å². The fraction of sp³-hybridized carbons (Fsp3) is 0.529. The summed E-state index contributed by atoms with van der Waals surface area (Å²) in [4.78, 5) is 23.4. The van der Waals surface area contributed by atoms with Crippen LogP contribution in [-0.2, 0) is 9.53 Å². The van der Waals surface area contributed by atoms with E-state index in [0.717, 1.165) is 12.8 Å². The maximum absolute atomic E-state index is 12.2. The second kappa shape index (κ2) is 8.01. The SMILES string of the molecule is COc1cc(C(=O)O)cc(NC(=O)CCC2CCC(C)O2)c1OC. The average Bonchev–Trinajstić information content (AvgIpc) is 2.97. The van der Waals surface area contributed by atoms with Gasteiger partial charge in [-0.05, 0) is 38.3 Å². The number of carbonyl (C=O) groups is 2. The molecule has 1 saturated heterocycles. The molecule has 7 nitrogen and oxygen atoms in total. The molecular weight excluding hydrogens is 314 g/mol. The van der Waals surface area contributed by atoms with Crippen LogP contribution >= 0.6 is 0 Å². The van der Waals surface area contributed by atoms with E-state index in [1.54, 1.807) is 0 Å². The molecule has 1 aromatic carbocycles. The van der Waals surface area contributed by atoms with Crippen molar-refractivity contribution in [1.29, 1.82) is 0 Å². The third kappa shape index (κ3) is 4.38. The van der Waals surface area contributed by atoms with Crippen LogP contribution in [0.5, 0.6) is 11.5 Å². The number of hydrogen-bond donors (Lipinski definition) is 2. The molecule has 1 fully saturated rings. The lowest BCUT2D eigenvalue weighted by Gasteiger charge is -2.15. The Morgan fingerprint density at radius 2 is 2.04 bits per heavy atom. The predicted octanol–water partition coefficient (Wildman–Crippen LogP) is 2.69. The lowest BCUT2D eigenvalue weighted by molar-refractivity contribution is -0.116. The van der Waals surface area contributed by atoms with Gasteiger partial charge in [-0.1, -0.05) is 0 Å². The monoisotopic (exact) mass is 337 g/mol. The van der Waals surface area contributed by atoms with Crippen LogP contribution < -0.4 is 14.8 Å². The zero-order chi connectivity index (χ0) is 17.7. The number of nitrogens with one attached hydrogen (secondary N) is 1. The Labute approximate surface area is 140 Å². The predicted molar refractivity (Wildman–Crippen MR) is 87.9 cm³/mol. The fourth-order valence-electron chi connectivity index (χ4n) is 2.78. The Bertz CT molecular complexity index is 615. The summed E-state index contributed by atoms with van der Waals surface area (Å²) in [5, 5.41) is 11.9. The molecule has 1 amide bonds. The number of carboxylic acid groups (broad SMARTS) is 1. The molecule has 132 valence electrons. The number of carbonyl (C=O) groups excluding carboxylic acids is 1. The van der Waals surface area contributed by atoms with Crippen molar-refractivity contribution < 1.29 is 28.9 Å². The Kier molecular flexibility index (Phi) is 6.03. The van der Waals surface area contributed by atoms with Crippen molar-refractivity contribution in [3.8, 4) is 11.5 Å². The summed E-state index contributed by atoms with van der Waals surface area (Å²) in [7, 11) is 2.84. The van der Waals surface area contributed by atoms with Crippen molar-refractivity contribution in [1.82, 2.24) is 0 Å². The first-order valence-electron chi connectivity index (χ1n) is 7.89. The molecule has 1 aliphatic rings. The van der Waals surface area contributed by atoms with E-state index in [2.05, 4.69) is 5.32 Å². The largest absolute Gasteiger partial charge is 0.493 e. The summed E-state index contributed by atoms with van der Waals surface area (Å²) in [5.74, 6) is -0.789. The van der Waals surface area contributed by atoms with Gasteiger partial charge in [0.1, 0.15) is 0 Å². The second-order valence-corrected chi connectivity index (χ2v) is 5.80. The molecule has 0 radical (unpaired) electrons. The van der Waals surface area contributed by atoms with E-state index in [-0.39, 0.29) is 35.1 Å². The Hall–Kier alpha value is -2.28. The average molecular weight is 337 g/mol. The van der Waals surface area contributed by atoms with Gasteiger partial charge in [0.15, 0.2) is 11.5 Å². The van der Waals surface area contributed by atoms with Crippen molar-refractivity contribution in [2.24, 2.45) is 0 Å². The number of methoxy groups -OCH3 is 2. The zero-order valence-electron chi connectivity index (χ0n) is 14.1. The number of rotatable bonds is 7. The van der Waals surface area contributed by atoms with E-state index in [1.165, 1.54) is 26.4 Å². The Balaban J connectivity index is 2.07. The molecule has 0 aromatic heterocycles. The summed E-state index contributed by atoms with van der Waals surface area (Å²) < 4.78 is 16.1. The third-order valence-corrected chi connectivity index (χ3v) is 4.01. The molecule has 7 heteroatoms. The number of benzene rings is 1. The molecular formula is C17H23NO6. The van der Waals surface area contributed by atoms with Crippen molar-refractivity contribution in [3.63, 3.8) is 0 Å². The maximum Gasteiger partial charge on any atom is 0.335 e. The third-order valence-electron chi connectivity index (χ3n) is 4.01. The first kappa shape index (κ1) is 18.1. The number of carboxylic acids is 1. The van der Waals surface area contributed by atoms with Crippen LogP contribution in [0.25, 0.3) is 0 Å². The quantitative estimate of drug-likeness (QED) is 0.794. The van der Waals surface area contributed by atoms with Crippen LogP contribution in [0.2, 0.25) is 0 Å². The van der Waals surface area contributed by atoms with E-state index in [1.807, 2.05) is 6.92 Å². The van der Waals surface area contributed by atoms with E-state index in [4.69, 9.17) is 14.2 Å². The molecule has 0 spiro atoms. The first-order chi connectivity index (χ1) is 11.4. The summed E-state index contributed by atoms with van der Waals surface area (Å²) >= 11 is 0. The molecule has 0 bridgehead atoms. The molecule has 2 rings (SSSR count). The molecule has 1 heterocycles. The standard InChI is InChI=1S/C17H23NO6/c1-10-4-5-12(24-10)6-7-15(19)18-13-8-11(17(20)21)9-14(22-2)16(13)23-3/h8-10,12H,4-7H2,1-3H3,(H,18,19)(H,20,21). The topological polar surface area (TPSA) is 94.1 Å². The highest BCUT2D eigenvalue weighted by atomic mass is 16.5. The molecule has 0 aliphatic carbocycles. The maximum atomic E-state index is 12.2. The van der Waals surface area contributed by atoms with E-state index >= 15 is 0 Å². The molecule has 2 N–H and O–H groups in total. The van der Waals surface area contributed by atoms with Crippen LogP contribution in [0, 0.1) is 0 Å². The highest BCUT2D eigenvalue weighted by Gasteiger charge is 2.23. The van der Waals surface area contributed by atoms with Gasteiger partial charge in [-0.25, -0.2) is 4.79 Å². The number of amides is 1. The van der Waals surface area contributed by atoms with Gasteiger partial charge < -0.3 is 24.6 Å². The van der Waals surface area contributed by atoms with Gasteiger partial charge in [0.2, 0.25) is 5.91 Å². The van der Waals surface area contributed by atoms with Gasteiger partial charge in [-0.3, -0.25) is 4.79 Å². The van der Waals surface area contributed by atoms with E-state index < -0.39 is 5.97 Å². The minimum absolute atomic E-state index is 0.0101. The minimum Gasteiger partial charge on any atom is -0.493 e. The summed E-state index contributed by atoms with van der Waals surface area (Å²) in [5.41, 5.74) is 0.288. The smallest absolute Gasteiger partial charge is 0.335 e. The minimum atomic E-state index is -1.11. The number of anilines is 1. The van der Waals surface area contributed by atoms with Crippen LogP contribution in [-0.4, -0.2) is 43.4 Å². The summed E-state index contributed by atoms with van der Waals surface area (Å²) in [6.07, 6.45) is 3.24. The Morgan fingerprint density at radius 1 is 1.29 bits per heavy atom. The van der Waals surface area contributed by atoms with Crippen LogP contribution in [0.15, 0.2) is 12.1 Å². The molecule has 2 unspecified atom stereocenters. The van der Waals surface area contributed by atoms with Crippen molar-refractivity contribution >= 4 is 17.6 Å². The first-order valence-corrected chi connectivity index (χ1v) is 7.89. The van der Waals surface area contributed by atoms with Crippen LogP contribution in [0.3, 0.4) is 0 Å². The van der Waals surface area contributed by atoms with Gasteiger partial charge in [0, 0.05) is 6.42 Å². The highest BCUT2D eigenvalue weighted by molar-refractivity contribution is 5.96. The second-order valence-electron chi connectivity index (χ2n) is 5.80. The lowest BCUT2D eigenvalue weighted by Crippen LogP contribution is -2.17. The fourth-order valence-corrected chi connectivity index (χ4v) is 2.78.